The van der Waals surface area contributed by atoms with Crippen LogP contribution in [0.3, 0.4) is 0 Å². The summed E-state index contributed by atoms with van der Waals surface area (Å²) in [4.78, 5) is 17.2. The molecule has 4 rings (SSSR count). The molecule has 1 aliphatic rings. The molecule has 1 saturated heterocycles. The van der Waals surface area contributed by atoms with Crippen LogP contribution >= 0.6 is 11.8 Å². The Balaban J connectivity index is 1.54. The van der Waals surface area contributed by atoms with Gasteiger partial charge in [0.1, 0.15) is 5.82 Å². The number of piperidine rings is 1. The lowest BCUT2D eigenvalue weighted by atomic mass is 10.1. The number of benzene rings is 2. The number of hydrogen-bond donors (Lipinski definition) is 0. The molecule has 0 spiro atoms. The van der Waals surface area contributed by atoms with E-state index in [2.05, 4.69) is 22.0 Å². The highest BCUT2D eigenvalue weighted by Crippen LogP contribution is 2.30. The van der Waals surface area contributed by atoms with E-state index in [9.17, 15) is 9.18 Å². The molecule has 0 aliphatic carbocycles. The number of thioether (sulfide) groups is 1. The van der Waals surface area contributed by atoms with E-state index in [0.717, 1.165) is 30.2 Å². The number of amides is 1. The van der Waals surface area contributed by atoms with E-state index < -0.39 is 0 Å². The number of hydrogen-bond acceptors (Lipinski definition) is 5. The average molecular weight is 482 g/mol. The first-order valence-corrected chi connectivity index (χ1v) is 12.8. The number of carbonyl (C=O) groups is 1. The summed E-state index contributed by atoms with van der Waals surface area (Å²) in [5, 5.41) is 9.62. The molecule has 2 heterocycles. The lowest BCUT2D eigenvalue weighted by Gasteiger charge is -2.31. The van der Waals surface area contributed by atoms with E-state index in [1.807, 2.05) is 48.9 Å². The molecule has 3 aromatic rings. The Morgan fingerprint density at radius 3 is 2.38 bits per heavy atom. The number of rotatable bonds is 8. The van der Waals surface area contributed by atoms with Crippen LogP contribution in [-0.4, -0.2) is 56.4 Å². The summed E-state index contributed by atoms with van der Waals surface area (Å²) in [5.41, 5.74) is 1.89. The first kappa shape index (κ1) is 24.4. The molecule has 1 aromatic heterocycles. The van der Waals surface area contributed by atoms with Gasteiger partial charge in [0, 0.05) is 12.7 Å². The van der Waals surface area contributed by atoms with Gasteiger partial charge < -0.3 is 4.90 Å². The van der Waals surface area contributed by atoms with Gasteiger partial charge in [0.05, 0.1) is 17.8 Å². The SMILES string of the molecule is C[C@H](c1nnc(SCC(=O)N(C)[C@@H](C)c2ccccc2)n1-c1ccc(F)cc1)N1CCCCC1. The van der Waals surface area contributed by atoms with Crippen molar-refractivity contribution in [2.24, 2.45) is 0 Å². The quantitative estimate of drug-likeness (QED) is 0.411. The third-order valence-electron chi connectivity index (χ3n) is 6.64. The Morgan fingerprint density at radius 1 is 1.03 bits per heavy atom. The largest absolute Gasteiger partial charge is 0.338 e. The highest BCUT2D eigenvalue weighted by atomic mass is 32.2. The molecule has 1 amide bonds. The molecule has 34 heavy (non-hydrogen) atoms. The van der Waals surface area contributed by atoms with E-state index in [4.69, 9.17) is 0 Å². The topological polar surface area (TPSA) is 54.3 Å². The average Bonchev–Trinajstić information content (AvgIpc) is 3.31. The van der Waals surface area contributed by atoms with Crippen molar-refractivity contribution < 1.29 is 9.18 Å². The van der Waals surface area contributed by atoms with Crippen molar-refractivity contribution in [1.29, 1.82) is 0 Å². The number of aromatic nitrogens is 3. The second-order valence-corrected chi connectivity index (χ2v) is 9.75. The van der Waals surface area contributed by atoms with Crippen molar-refractivity contribution >= 4 is 17.7 Å². The van der Waals surface area contributed by atoms with Crippen LogP contribution in [0.25, 0.3) is 5.69 Å². The summed E-state index contributed by atoms with van der Waals surface area (Å²) in [7, 11) is 1.83. The second kappa shape index (κ2) is 11.1. The normalized spacial score (nSPS) is 16.2. The van der Waals surface area contributed by atoms with Gasteiger partial charge in [-0.2, -0.15) is 0 Å². The van der Waals surface area contributed by atoms with E-state index in [1.54, 1.807) is 17.0 Å². The molecule has 0 unspecified atom stereocenters. The van der Waals surface area contributed by atoms with E-state index in [0.29, 0.717) is 5.16 Å². The van der Waals surface area contributed by atoms with Gasteiger partial charge in [0.15, 0.2) is 11.0 Å². The second-order valence-electron chi connectivity index (χ2n) is 8.81. The zero-order chi connectivity index (χ0) is 24.1. The van der Waals surface area contributed by atoms with Crippen molar-refractivity contribution in [3.05, 3.63) is 71.8 Å². The van der Waals surface area contributed by atoms with Crippen molar-refractivity contribution in [3.63, 3.8) is 0 Å². The molecular formula is C26H32FN5OS. The summed E-state index contributed by atoms with van der Waals surface area (Å²) in [6, 6.07) is 16.4. The molecule has 180 valence electrons. The van der Waals surface area contributed by atoms with Gasteiger partial charge in [-0.1, -0.05) is 48.5 Å². The summed E-state index contributed by atoms with van der Waals surface area (Å²) in [6.45, 7) is 6.22. The predicted molar refractivity (Wildman–Crippen MR) is 134 cm³/mol. The first-order chi connectivity index (χ1) is 16.5. The van der Waals surface area contributed by atoms with Crippen LogP contribution < -0.4 is 0 Å². The highest BCUT2D eigenvalue weighted by molar-refractivity contribution is 7.99. The van der Waals surface area contributed by atoms with E-state index in [-0.39, 0.29) is 29.6 Å². The van der Waals surface area contributed by atoms with Crippen LogP contribution in [0.4, 0.5) is 4.39 Å². The van der Waals surface area contributed by atoms with Crippen molar-refractivity contribution in [3.8, 4) is 5.69 Å². The fraction of sp³-hybridized carbons (Fsp3) is 0.423. The highest BCUT2D eigenvalue weighted by Gasteiger charge is 2.26. The Kier molecular flexibility index (Phi) is 8.00. The van der Waals surface area contributed by atoms with E-state index >= 15 is 0 Å². The minimum atomic E-state index is -0.289. The Hall–Kier alpha value is -2.71. The van der Waals surface area contributed by atoms with Gasteiger partial charge in [0.2, 0.25) is 5.91 Å². The third kappa shape index (κ3) is 5.50. The standard InChI is InChI=1S/C26H32FN5OS/c1-19(21-10-6-4-7-11-21)30(3)24(33)18-34-26-29-28-25(20(2)31-16-8-5-9-17-31)32(26)23-14-12-22(27)13-15-23/h4,6-7,10-15,19-20H,5,8-9,16-18H2,1-3H3/t19-,20+/m0/s1. The minimum Gasteiger partial charge on any atom is -0.338 e. The molecule has 0 N–H and O–H groups in total. The molecule has 2 atom stereocenters. The maximum absolute atomic E-state index is 13.6. The number of carbonyl (C=O) groups excluding carboxylic acids is 1. The lowest BCUT2D eigenvalue weighted by molar-refractivity contribution is -0.128. The first-order valence-electron chi connectivity index (χ1n) is 11.8. The maximum atomic E-state index is 13.6. The Morgan fingerprint density at radius 2 is 1.71 bits per heavy atom. The van der Waals surface area contributed by atoms with Gasteiger partial charge in [-0.15, -0.1) is 10.2 Å². The van der Waals surface area contributed by atoms with Gasteiger partial charge in [-0.05, 0) is 69.6 Å². The predicted octanol–water partition coefficient (Wildman–Crippen LogP) is 5.27. The van der Waals surface area contributed by atoms with Crippen LogP contribution in [0.1, 0.15) is 56.6 Å². The summed E-state index contributed by atoms with van der Waals surface area (Å²) >= 11 is 1.37. The van der Waals surface area contributed by atoms with Gasteiger partial charge in [-0.25, -0.2) is 4.39 Å². The lowest BCUT2D eigenvalue weighted by Crippen LogP contribution is -2.33. The summed E-state index contributed by atoms with van der Waals surface area (Å²) < 4.78 is 15.6. The fourth-order valence-corrected chi connectivity index (χ4v) is 5.23. The van der Waals surface area contributed by atoms with Crippen LogP contribution in [0, 0.1) is 5.82 Å². The molecule has 0 bridgehead atoms. The smallest absolute Gasteiger partial charge is 0.233 e. The third-order valence-corrected chi connectivity index (χ3v) is 7.55. The minimum absolute atomic E-state index is 0.0145. The monoisotopic (exact) mass is 481 g/mol. The molecule has 8 heteroatoms. The molecule has 0 radical (unpaired) electrons. The molecule has 6 nitrogen and oxygen atoms in total. The van der Waals surface area contributed by atoms with Gasteiger partial charge in [-0.3, -0.25) is 14.3 Å². The van der Waals surface area contributed by atoms with Crippen LogP contribution in [0.2, 0.25) is 0 Å². The van der Waals surface area contributed by atoms with Crippen molar-refractivity contribution in [2.75, 3.05) is 25.9 Å². The molecule has 1 aliphatic heterocycles. The molecule has 2 aromatic carbocycles. The van der Waals surface area contributed by atoms with Crippen molar-refractivity contribution in [1.82, 2.24) is 24.6 Å². The van der Waals surface area contributed by atoms with Crippen molar-refractivity contribution in [2.45, 2.75) is 50.4 Å². The molecule has 1 fully saturated rings. The Bertz CT molecular complexity index is 1080. The van der Waals surface area contributed by atoms with Gasteiger partial charge in [0.25, 0.3) is 0 Å². The molecule has 0 saturated carbocycles. The zero-order valence-corrected chi connectivity index (χ0v) is 20.8. The fourth-order valence-electron chi connectivity index (χ4n) is 4.35. The van der Waals surface area contributed by atoms with E-state index in [1.165, 1.54) is 43.2 Å². The summed E-state index contributed by atoms with van der Waals surface area (Å²) in [5.74, 6) is 0.781. The summed E-state index contributed by atoms with van der Waals surface area (Å²) in [6.07, 6.45) is 3.61. The zero-order valence-electron chi connectivity index (χ0n) is 20.0. The molecular weight excluding hydrogens is 449 g/mol. The number of likely N-dealkylation sites (tertiary alicyclic amines) is 1. The maximum Gasteiger partial charge on any atom is 0.233 e. The van der Waals surface area contributed by atoms with Crippen LogP contribution in [-0.2, 0) is 4.79 Å². The Labute approximate surface area is 205 Å². The van der Waals surface area contributed by atoms with Crippen LogP contribution in [0.5, 0.6) is 0 Å². The number of nitrogens with zero attached hydrogens (tertiary/aromatic N) is 5. The van der Waals surface area contributed by atoms with Crippen LogP contribution in [0.15, 0.2) is 59.8 Å². The number of halogens is 1. The van der Waals surface area contributed by atoms with Gasteiger partial charge >= 0.3 is 0 Å².